The Hall–Kier alpha value is -2.25. The van der Waals surface area contributed by atoms with E-state index in [2.05, 4.69) is 4.98 Å². The van der Waals surface area contributed by atoms with E-state index >= 15 is 0 Å². The summed E-state index contributed by atoms with van der Waals surface area (Å²) in [5.74, 6) is 0. The molecular formula is C13H13N3O4. The lowest BCUT2D eigenvalue weighted by Gasteiger charge is -2.19. The van der Waals surface area contributed by atoms with E-state index in [1.54, 1.807) is 18.3 Å². The molecule has 1 aromatic heterocycles. The molecule has 2 N–H and O–H groups in total. The molecule has 0 amide bonds. The molecule has 20 heavy (non-hydrogen) atoms. The zero-order chi connectivity index (χ0) is 14.3. The summed E-state index contributed by atoms with van der Waals surface area (Å²) in [6, 6.07) is 4.77. The van der Waals surface area contributed by atoms with Gasteiger partial charge in [0.25, 0.3) is 5.69 Å². The van der Waals surface area contributed by atoms with Crippen LogP contribution in [0.1, 0.15) is 0 Å². The van der Waals surface area contributed by atoms with Crippen LogP contribution >= 0.6 is 0 Å². The number of rotatable bonds is 2. The summed E-state index contributed by atoms with van der Waals surface area (Å²) in [5, 5.41) is 31.4. The first-order chi connectivity index (χ1) is 9.58. The van der Waals surface area contributed by atoms with Gasteiger partial charge in [-0.25, -0.2) is 0 Å². The van der Waals surface area contributed by atoms with Gasteiger partial charge in [0.2, 0.25) is 0 Å². The zero-order valence-corrected chi connectivity index (χ0v) is 10.5. The van der Waals surface area contributed by atoms with Crippen LogP contribution in [0, 0.1) is 10.1 Å². The van der Waals surface area contributed by atoms with Gasteiger partial charge in [-0.15, -0.1) is 0 Å². The van der Waals surface area contributed by atoms with Crippen LogP contribution in [0.3, 0.4) is 0 Å². The van der Waals surface area contributed by atoms with Crippen molar-refractivity contribution in [1.82, 2.24) is 4.98 Å². The van der Waals surface area contributed by atoms with E-state index in [0.29, 0.717) is 23.9 Å². The molecule has 2 atom stereocenters. The number of aliphatic hydroxyl groups excluding tert-OH is 2. The van der Waals surface area contributed by atoms with Crippen molar-refractivity contribution in [3.63, 3.8) is 0 Å². The minimum absolute atomic E-state index is 0.00264. The summed E-state index contributed by atoms with van der Waals surface area (Å²) in [7, 11) is 0. The number of β-amino-alcohol motifs (C(OH)–C–C–N with tert-alkyl or cyclic N) is 2. The lowest BCUT2D eigenvalue weighted by molar-refractivity contribution is -0.383. The van der Waals surface area contributed by atoms with Crippen LogP contribution in [0.15, 0.2) is 30.6 Å². The molecule has 2 heterocycles. The van der Waals surface area contributed by atoms with E-state index in [9.17, 15) is 20.3 Å². The van der Waals surface area contributed by atoms with E-state index < -0.39 is 17.1 Å². The van der Waals surface area contributed by atoms with E-state index in [4.69, 9.17) is 0 Å². The molecule has 1 aliphatic heterocycles. The van der Waals surface area contributed by atoms with Gasteiger partial charge in [-0.1, -0.05) is 0 Å². The van der Waals surface area contributed by atoms with Crippen LogP contribution in [0.2, 0.25) is 0 Å². The predicted octanol–water partition coefficient (Wildman–Crippen LogP) is 0.685. The van der Waals surface area contributed by atoms with E-state index in [1.165, 1.54) is 12.3 Å². The van der Waals surface area contributed by atoms with Gasteiger partial charge in [-0.05, 0) is 12.1 Å². The Morgan fingerprint density at radius 3 is 2.55 bits per heavy atom. The normalized spacial score (nSPS) is 22.4. The molecule has 1 saturated heterocycles. The Bertz CT molecular complexity index is 666. The van der Waals surface area contributed by atoms with Crippen LogP contribution in [0.4, 0.5) is 11.4 Å². The van der Waals surface area contributed by atoms with Crippen molar-refractivity contribution in [1.29, 1.82) is 0 Å². The number of aromatic nitrogens is 1. The summed E-state index contributed by atoms with van der Waals surface area (Å²) < 4.78 is 0. The predicted molar refractivity (Wildman–Crippen MR) is 72.6 cm³/mol. The van der Waals surface area contributed by atoms with E-state index in [0.717, 1.165) is 5.69 Å². The molecule has 0 spiro atoms. The highest BCUT2D eigenvalue weighted by Crippen LogP contribution is 2.34. The van der Waals surface area contributed by atoms with Crippen LogP contribution in [-0.4, -0.2) is 45.4 Å². The number of benzene rings is 1. The summed E-state index contributed by atoms with van der Waals surface area (Å²) in [4.78, 5) is 16.3. The summed E-state index contributed by atoms with van der Waals surface area (Å²) in [6.07, 6.45) is 1.42. The molecule has 7 heteroatoms. The molecule has 7 nitrogen and oxygen atoms in total. The van der Waals surface area contributed by atoms with Crippen molar-refractivity contribution in [3.05, 3.63) is 40.7 Å². The topological polar surface area (TPSA) is 99.7 Å². The molecule has 3 rings (SSSR count). The lowest BCUT2D eigenvalue weighted by atomic mass is 10.1. The van der Waals surface area contributed by atoms with Crippen molar-refractivity contribution in [2.75, 3.05) is 18.0 Å². The first-order valence-corrected chi connectivity index (χ1v) is 6.20. The number of anilines is 1. The first-order valence-electron chi connectivity index (χ1n) is 6.20. The second-order valence-corrected chi connectivity index (χ2v) is 4.82. The number of hydrogen-bond acceptors (Lipinski definition) is 6. The second kappa shape index (κ2) is 4.69. The molecule has 0 saturated carbocycles. The number of nitro groups is 1. The largest absolute Gasteiger partial charge is 0.389 e. The Labute approximate surface area is 114 Å². The molecule has 2 unspecified atom stereocenters. The quantitative estimate of drug-likeness (QED) is 0.617. The molecule has 1 fully saturated rings. The maximum Gasteiger partial charge on any atom is 0.278 e. The average molecular weight is 275 g/mol. The summed E-state index contributed by atoms with van der Waals surface area (Å²) in [5.41, 5.74) is 0.751. The van der Waals surface area contributed by atoms with Crippen LogP contribution in [0.5, 0.6) is 0 Å². The third kappa shape index (κ3) is 1.97. The van der Waals surface area contributed by atoms with E-state index in [1.807, 2.05) is 4.90 Å². The highest BCUT2D eigenvalue weighted by Gasteiger charge is 2.31. The summed E-state index contributed by atoms with van der Waals surface area (Å²) >= 11 is 0. The average Bonchev–Trinajstić information content (AvgIpc) is 2.77. The van der Waals surface area contributed by atoms with Gasteiger partial charge in [-0.2, -0.15) is 0 Å². The number of hydrogen-bond donors (Lipinski definition) is 2. The number of fused-ring (bicyclic) bond motifs is 1. The molecule has 0 aliphatic carbocycles. The fourth-order valence-electron chi connectivity index (χ4n) is 2.56. The Morgan fingerprint density at radius 1 is 1.20 bits per heavy atom. The highest BCUT2D eigenvalue weighted by molar-refractivity contribution is 5.99. The van der Waals surface area contributed by atoms with Gasteiger partial charge in [0.05, 0.1) is 22.5 Å². The van der Waals surface area contributed by atoms with Gasteiger partial charge in [0.1, 0.15) is 0 Å². The molecule has 0 radical (unpaired) electrons. The molecule has 0 bridgehead atoms. The molecule has 104 valence electrons. The van der Waals surface area contributed by atoms with Crippen molar-refractivity contribution in [3.8, 4) is 0 Å². The molecule has 1 aliphatic rings. The van der Waals surface area contributed by atoms with Crippen LogP contribution < -0.4 is 4.90 Å². The van der Waals surface area contributed by atoms with Crippen LogP contribution in [0.25, 0.3) is 10.8 Å². The Balaban J connectivity index is 2.14. The molecule has 2 aromatic rings. The molecule has 1 aromatic carbocycles. The maximum atomic E-state index is 11.0. The number of non-ortho nitro benzene ring substituents is 1. The second-order valence-electron chi connectivity index (χ2n) is 4.82. The van der Waals surface area contributed by atoms with Gasteiger partial charge >= 0.3 is 0 Å². The van der Waals surface area contributed by atoms with Gasteiger partial charge in [0, 0.05) is 42.6 Å². The number of aliphatic hydroxyl groups is 2. The fourth-order valence-corrected chi connectivity index (χ4v) is 2.56. The van der Waals surface area contributed by atoms with Crippen molar-refractivity contribution in [2.45, 2.75) is 12.2 Å². The fraction of sp³-hybridized carbons (Fsp3) is 0.308. The van der Waals surface area contributed by atoms with Crippen molar-refractivity contribution >= 4 is 22.1 Å². The summed E-state index contributed by atoms with van der Waals surface area (Å²) in [6.45, 7) is 0.604. The maximum absolute atomic E-state index is 11.0. The Morgan fingerprint density at radius 2 is 1.90 bits per heavy atom. The molecular weight excluding hydrogens is 262 g/mol. The first kappa shape index (κ1) is 12.8. The van der Waals surface area contributed by atoms with Crippen LogP contribution in [-0.2, 0) is 0 Å². The SMILES string of the molecule is O=[N+]([O-])c1ccc(N2CC(O)C(O)C2)c2ccncc12. The smallest absolute Gasteiger partial charge is 0.278 e. The minimum atomic E-state index is -0.804. The zero-order valence-electron chi connectivity index (χ0n) is 10.5. The standard InChI is InChI=1S/C13H13N3O4/c17-12-6-15(7-13(12)18)10-1-2-11(16(19)20)9-5-14-4-3-8(9)10/h1-5,12-13,17-18H,6-7H2. The monoisotopic (exact) mass is 275 g/mol. The Kier molecular flexibility index (Phi) is 3.00. The van der Waals surface area contributed by atoms with E-state index in [-0.39, 0.29) is 5.69 Å². The number of pyridine rings is 1. The number of nitro benzene ring substituents is 1. The highest BCUT2D eigenvalue weighted by atomic mass is 16.6. The number of nitrogens with zero attached hydrogens (tertiary/aromatic N) is 3. The van der Waals surface area contributed by atoms with Crippen molar-refractivity contribution in [2.24, 2.45) is 0 Å². The van der Waals surface area contributed by atoms with Crippen molar-refractivity contribution < 1.29 is 15.1 Å². The van der Waals surface area contributed by atoms with Gasteiger partial charge in [-0.3, -0.25) is 15.1 Å². The lowest BCUT2D eigenvalue weighted by Crippen LogP contribution is -2.22. The minimum Gasteiger partial charge on any atom is -0.389 e. The third-order valence-corrected chi connectivity index (χ3v) is 3.57. The van der Waals surface area contributed by atoms with Gasteiger partial charge in [0.15, 0.2) is 0 Å². The third-order valence-electron chi connectivity index (χ3n) is 3.57. The van der Waals surface area contributed by atoms with Gasteiger partial charge < -0.3 is 15.1 Å².